The summed E-state index contributed by atoms with van der Waals surface area (Å²) in [6, 6.07) is 11.9. The molecule has 0 fully saturated rings. The highest BCUT2D eigenvalue weighted by Crippen LogP contribution is 2.09. The van der Waals surface area contributed by atoms with E-state index in [1.807, 2.05) is 0 Å². The Balaban J connectivity index is 1.84. The number of halogens is 1. The van der Waals surface area contributed by atoms with E-state index in [-0.39, 0.29) is 11.7 Å². The van der Waals surface area contributed by atoms with Crippen LogP contribution in [0.25, 0.3) is 0 Å². The number of urea groups is 1. The van der Waals surface area contributed by atoms with Gasteiger partial charge < -0.3 is 16.4 Å². The molecule has 0 radical (unpaired) electrons. The first-order valence-electron chi connectivity index (χ1n) is 6.74. The van der Waals surface area contributed by atoms with Crippen LogP contribution < -0.4 is 16.4 Å². The van der Waals surface area contributed by atoms with Gasteiger partial charge in [-0.05, 0) is 48.4 Å². The third-order valence-electron chi connectivity index (χ3n) is 3.03. The first-order valence-corrected chi connectivity index (χ1v) is 6.74. The van der Waals surface area contributed by atoms with E-state index >= 15 is 0 Å². The van der Waals surface area contributed by atoms with Crippen LogP contribution in [-0.4, -0.2) is 18.5 Å². The van der Waals surface area contributed by atoms with Crippen molar-refractivity contribution in [3.05, 3.63) is 65.5 Å². The molecule has 0 heterocycles. The third-order valence-corrected chi connectivity index (χ3v) is 3.03. The van der Waals surface area contributed by atoms with Crippen LogP contribution >= 0.6 is 0 Å². The Bertz CT molecular complexity index is 654. The summed E-state index contributed by atoms with van der Waals surface area (Å²) in [4.78, 5) is 22.6. The molecule has 22 heavy (non-hydrogen) atoms. The number of primary amides is 1. The van der Waals surface area contributed by atoms with Gasteiger partial charge in [0, 0.05) is 17.8 Å². The molecule has 0 spiro atoms. The summed E-state index contributed by atoms with van der Waals surface area (Å²) < 4.78 is 12.8. The molecule has 6 heteroatoms. The van der Waals surface area contributed by atoms with Gasteiger partial charge in [0.15, 0.2) is 0 Å². The predicted molar refractivity (Wildman–Crippen MR) is 82.1 cm³/mol. The van der Waals surface area contributed by atoms with Gasteiger partial charge in [-0.3, -0.25) is 4.79 Å². The molecule has 114 valence electrons. The van der Waals surface area contributed by atoms with Gasteiger partial charge in [-0.2, -0.15) is 0 Å². The second kappa shape index (κ2) is 7.21. The first-order chi connectivity index (χ1) is 10.5. The number of rotatable bonds is 5. The van der Waals surface area contributed by atoms with E-state index in [2.05, 4.69) is 10.6 Å². The normalized spacial score (nSPS) is 10.0. The summed E-state index contributed by atoms with van der Waals surface area (Å²) in [5.41, 5.74) is 6.95. The Morgan fingerprint density at radius 2 is 1.64 bits per heavy atom. The lowest BCUT2D eigenvalue weighted by Gasteiger charge is -2.07. The maximum Gasteiger partial charge on any atom is 0.316 e. The molecule has 2 aromatic rings. The van der Waals surface area contributed by atoms with Crippen LogP contribution in [0.4, 0.5) is 14.9 Å². The van der Waals surface area contributed by atoms with Gasteiger partial charge in [0.25, 0.3) is 5.91 Å². The lowest BCUT2D eigenvalue weighted by atomic mass is 10.1. The van der Waals surface area contributed by atoms with Crippen molar-refractivity contribution in [3.63, 3.8) is 0 Å². The van der Waals surface area contributed by atoms with Gasteiger partial charge in [0.05, 0.1) is 0 Å². The van der Waals surface area contributed by atoms with Crippen LogP contribution in [-0.2, 0) is 6.42 Å². The summed E-state index contributed by atoms with van der Waals surface area (Å²) in [5.74, 6) is -0.495. The Morgan fingerprint density at radius 3 is 2.23 bits per heavy atom. The average molecular weight is 301 g/mol. The number of hydrogen-bond donors (Lipinski definition) is 3. The fourth-order valence-corrected chi connectivity index (χ4v) is 1.92. The van der Waals surface area contributed by atoms with Gasteiger partial charge in [0.2, 0.25) is 0 Å². The SMILES string of the molecule is NC(=O)Nc1ccc(C(=O)NCCc2ccc(F)cc2)cc1. The van der Waals surface area contributed by atoms with Crippen LogP contribution in [0.5, 0.6) is 0 Å². The van der Waals surface area contributed by atoms with E-state index in [1.165, 1.54) is 12.1 Å². The molecule has 0 saturated heterocycles. The van der Waals surface area contributed by atoms with Crippen molar-refractivity contribution in [2.24, 2.45) is 5.73 Å². The molecule has 2 aromatic carbocycles. The second-order valence-electron chi connectivity index (χ2n) is 4.70. The molecule has 0 unspecified atom stereocenters. The summed E-state index contributed by atoms with van der Waals surface area (Å²) >= 11 is 0. The van der Waals surface area contributed by atoms with E-state index in [0.29, 0.717) is 24.2 Å². The van der Waals surface area contributed by atoms with E-state index in [4.69, 9.17) is 5.73 Å². The topological polar surface area (TPSA) is 84.2 Å². The molecule has 0 aliphatic rings. The second-order valence-corrected chi connectivity index (χ2v) is 4.70. The molecule has 5 nitrogen and oxygen atoms in total. The smallest absolute Gasteiger partial charge is 0.316 e. The minimum Gasteiger partial charge on any atom is -0.352 e. The quantitative estimate of drug-likeness (QED) is 0.791. The average Bonchev–Trinajstić information content (AvgIpc) is 2.49. The van der Waals surface area contributed by atoms with Crippen LogP contribution in [0.3, 0.4) is 0 Å². The van der Waals surface area contributed by atoms with Gasteiger partial charge in [0.1, 0.15) is 5.82 Å². The lowest BCUT2D eigenvalue weighted by Crippen LogP contribution is -2.25. The first kappa shape index (κ1) is 15.5. The largest absolute Gasteiger partial charge is 0.352 e. The zero-order valence-electron chi connectivity index (χ0n) is 11.8. The Labute approximate surface area is 127 Å². The number of amides is 3. The molecule has 0 aliphatic carbocycles. The standard InChI is InChI=1S/C16H16FN3O2/c17-13-5-1-11(2-6-13)9-10-19-15(21)12-3-7-14(8-4-12)20-16(18)22/h1-8H,9-10H2,(H,19,21)(H3,18,20,22). The van der Waals surface area contributed by atoms with Crippen molar-refractivity contribution < 1.29 is 14.0 Å². The van der Waals surface area contributed by atoms with Crippen molar-refractivity contribution in [3.8, 4) is 0 Å². The molecule has 0 atom stereocenters. The number of carbonyl (C=O) groups excluding carboxylic acids is 2. The number of hydrogen-bond acceptors (Lipinski definition) is 2. The number of benzene rings is 2. The van der Waals surface area contributed by atoms with Gasteiger partial charge >= 0.3 is 6.03 Å². The zero-order chi connectivity index (χ0) is 15.9. The van der Waals surface area contributed by atoms with Crippen molar-refractivity contribution in [2.75, 3.05) is 11.9 Å². The zero-order valence-corrected chi connectivity index (χ0v) is 11.8. The maximum absolute atomic E-state index is 12.8. The van der Waals surface area contributed by atoms with E-state index in [1.54, 1.807) is 36.4 Å². The lowest BCUT2D eigenvalue weighted by molar-refractivity contribution is 0.0954. The van der Waals surface area contributed by atoms with Gasteiger partial charge in [-0.15, -0.1) is 0 Å². The van der Waals surface area contributed by atoms with E-state index < -0.39 is 6.03 Å². The summed E-state index contributed by atoms with van der Waals surface area (Å²) in [7, 11) is 0. The molecule has 4 N–H and O–H groups in total. The van der Waals surface area contributed by atoms with Crippen LogP contribution in [0.15, 0.2) is 48.5 Å². The van der Waals surface area contributed by atoms with E-state index in [0.717, 1.165) is 5.56 Å². The fourth-order valence-electron chi connectivity index (χ4n) is 1.92. The van der Waals surface area contributed by atoms with Crippen molar-refractivity contribution in [1.29, 1.82) is 0 Å². The minimum absolute atomic E-state index is 0.215. The van der Waals surface area contributed by atoms with Gasteiger partial charge in [-0.25, -0.2) is 9.18 Å². The van der Waals surface area contributed by atoms with Crippen molar-refractivity contribution >= 4 is 17.6 Å². The van der Waals surface area contributed by atoms with Crippen LogP contribution in [0.2, 0.25) is 0 Å². The molecule has 0 aromatic heterocycles. The summed E-state index contributed by atoms with van der Waals surface area (Å²) in [6.07, 6.45) is 0.618. The monoisotopic (exact) mass is 301 g/mol. The molecule has 2 rings (SSSR count). The summed E-state index contributed by atoms with van der Waals surface area (Å²) in [6.45, 7) is 0.450. The van der Waals surface area contributed by atoms with Crippen molar-refractivity contribution in [2.45, 2.75) is 6.42 Å². The fraction of sp³-hybridized carbons (Fsp3) is 0.125. The minimum atomic E-state index is -0.656. The number of nitrogens with two attached hydrogens (primary N) is 1. The molecule has 0 bridgehead atoms. The van der Waals surface area contributed by atoms with Crippen LogP contribution in [0.1, 0.15) is 15.9 Å². The highest BCUT2D eigenvalue weighted by Gasteiger charge is 2.05. The number of nitrogens with one attached hydrogen (secondary N) is 2. The Kier molecular flexibility index (Phi) is 5.08. The predicted octanol–water partition coefficient (Wildman–Crippen LogP) is 2.29. The third kappa shape index (κ3) is 4.59. The molecule has 0 saturated carbocycles. The number of carbonyl (C=O) groups is 2. The summed E-state index contributed by atoms with van der Waals surface area (Å²) in [5, 5.41) is 5.19. The highest BCUT2D eigenvalue weighted by molar-refractivity contribution is 5.95. The Hall–Kier alpha value is -2.89. The number of anilines is 1. The molecule has 3 amide bonds. The maximum atomic E-state index is 12.8. The Morgan fingerprint density at radius 1 is 1.00 bits per heavy atom. The van der Waals surface area contributed by atoms with E-state index in [9.17, 15) is 14.0 Å². The molecular formula is C16H16FN3O2. The molecule has 0 aliphatic heterocycles. The van der Waals surface area contributed by atoms with Crippen molar-refractivity contribution in [1.82, 2.24) is 5.32 Å². The van der Waals surface area contributed by atoms with Crippen LogP contribution in [0, 0.1) is 5.82 Å². The molecular weight excluding hydrogens is 285 g/mol. The highest BCUT2D eigenvalue weighted by atomic mass is 19.1. The van der Waals surface area contributed by atoms with Gasteiger partial charge in [-0.1, -0.05) is 12.1 Å².